The van der Waals surface area contributed by atoms with Crippen molar-refractivity contribution in [3.63, 3.8) is 0 Å². The molecule has 0 aliphatic heterocycles. The van der Waals surface area contributed by atoms with Crippen LogP contribution in [0, 0.1) is 6.92 Å². The quantitative estimate of drug-likeness (QED) is 0.711. The van der Waals surface area contributed by atoms with Crippen LogP contribution in [0.1, 0.15) is 24.5 Å². The Labute approximate surface area is 113 Å². The predicted octanol–water partition coefficient (Wildman–Crippen LogP) is 2.68. The number of likely N-dealkylation sites (N-methyl/N-ethyl adjacent to an activating group) is 1. The number of carboxylic acid groups (broad SMARTS) is 1. The molecule has 0 heterocycles. The molecular weight excluding hydrogens is 246 g/mol. The molecule has 0 aliphatic rings. The molecule has 0 fully saturated rings. The molecule has 4 heteroatoms. The Balaban J connectivity index is 2.27. The van der Waals surface area contributed by atoms with Gasteiger partial charge in [-0.25, -0.2) is 0 Å². The minimum absolute atomic E-state index is 0.417. The van der Waals surface area contributed by atoms with Crippen LogP contribution >= 0.6 is 11.8 Å². The van der Waals surface area contributed by atoms with Gasteiger partial charge in [0.15, 0.2) is 0 Å². The fraction of sp³-hybridized carbons (Fsp3) is 0.500. The normalized spacial score (nSPS) is 12.3. The summed E-state index contributed by atoms with van der Waals surface area (Å²) in [5, 5.41) is 12.0. The average molecular weight is 267 g/mol. The molecule has 1 atom stereocenters. The van der Waals surface area contributed by atoms with E-state index in [9.17, 15) is 4.79 Å². The number of carboxylic acids is 1. The third-order valence-electron chi connectivity index (χ3n) is 2.65. The average Bonchev–Trinajstić information content (AvgIpc) is 2.33. The number of thioether (sulfide) groups is 1. The monoisotopic (exact) mass is 267 g/mol. The van der Waals surface area contributed by atoms with Gasteiger partial charge < -0.3 is 10.4 Å². The van der Waals surface area contributed by atoms with Crippen LogP contribution in [0.15, 0.2) is 24.3 Å². The van der Waals surface area contributed by atoms with E-state index in [4.69, 9.17) is 5.11 Å². The van der Waals surface area contributed by atoms with E-state index < -0.39 is 12.0 Å². The lowest BCUT2D eigenvalue weighted by molar-refractivity contribution is -0.139. The van der Waals surface area contributed by atoms with Crippen LogP contribution < -0.4 is 5.32 Å². The van der Waals surface area contributed by atoms with Crippen molar-refractivity contribution < 1.29 is 9.90 Å². The molecule has 0 bridgehead atoms. The highest BCUT2D eigenvalue weighted by atomic mass is 32.2. The first-order chi connectivity index (χ1) is 8.63. The van der Waals surface area contributed by atoms with Crippen molar-refractivity contribution in [2.45, 2.75) is 32.1 Å². The van der Waals surface area contributed by atoms with Gasteiger partial charge in [0, 0.05) is 5.75 Å². The summed E-state index contributed by atoms with van der Waals surface area (Å²) in [6.07, 6.45) is 0.666. The summed E-state index contributed by atoms with van der Waals surface area (Å²) in [5.41, 5.74) is 2.57. The van der Waals surface area contributed by atoms with Crippen LogP contribution in [0.4, 0.5) is 0 Å². The Morgan fingerprint density at radius 2 is 2.28 bits per heavy atom. The van der Waals surface area contributed by atoms with E-state index in [0.717, 1.165) is 11.5 Å². The van der Waals surface area contributed by atoms with Gasteiger partial charge in [0.25, 0.3) is 0 Å². The van der Waals surface area contributed by atoms with Crippen LogP contribution in [-0.4, -0.2) is 29.4 Å². The molecule has 0 saturated heterocycles. The van der Waals surface area contributed by atoms with Crippen molar-refractivity contribution in [2.24, 2.45) is 0 Å². The maximum absolute atomic E-state index is 10.9. The van der Waals surface area contributed by atoms with Gasteiger partial charge in [-0.05, 0) is 31.2 Å². The van der Waals surface area contributed by atoms with Crippen LogP contribution in [0.5, 0.6) is 0 Å². The molecule has 0 saturated carbocycles. The molecule has 0 spiro atoms. The van der Waals surface area contributed by atoms with Gasteiger partial charge >= 0.3 is 5.97 Å². The van der Waals surface area contributed by atoms with Crippen LogP contribution in [0.2, 0.25) is 0 Å². The van der Waals surface area contributed by atoms with Gasteiger partial charge in [0.2, 0.25) is 0 Å². The second-order valence-electron chi connectivity index (χ2n) is 4.28. The van der Waals surface area contributed by atoms with Gasteiger partial charge in [-0.15, -0.1) is 0 Å². The molecule has 18 heavy (non-hydrogen) atoms. The summed E-state index contributed by atoms with van der Waals surface area (Å²) < 4.78 is 0. The Kier molecular flexibility index (Phi) is 6.83. The van der Waals surface area contributed by atoms with E-state index in [1.165, 1.54) is 11.1 Å². The highest BCUT2D eigenvalue weighted by Gasteiger charge is 2.14. The molecule has 1 aromatic carbocycles. The van der Waals surface area contributed by atoms with Gasteiger partial charge in [-0.3, -0.25) is 4.79 Å². The number of hydrogen-bond donors (Lipinski definition) is 2. The van der Waals surface area contributed by atoms with Gasteiger partial charge in [0.1, 0.15) is 6.04 Å². The lowest BCUT2D eigenvalue weighted by Crippen LogP contribution is -2.36. The summed E-state index contributed by atoms with van der Waals surface area (Å²) >= 11 is 1.78. The zero-order valence-corrected chi connectivity index (χ0v) is 11.8. The number of hydrogen-bond acceptors (Lipinski definition) is 3. The van der Waals surface area contributed by atoms with Crippen molar-refractivity contribution in [3.05, 3.63) is 35.4 Å². The molecule has 0 amide bonds. The minimum Gasteiger partial charge on any atom is -0.480 e. The molecule has 1 aromatic rings. The predicted molar refractivity (Wildman–Crippen MR) is 77.1 cm³/mol. The van der Waals surface area contributed by atoms with Gasteiger partial charge in [-0.2, -0.15) is 11.8 Å². The van der Waals surface area contributed by atoms with E-state index in [1.54, 1.807) is 11.8 Å². The lowest BCUT2D eigenvalue weighted by atomic mass is 10.2. The smallest absolute Gasteiger partial charge is 0.320 e. The number of carbonyl (C=O) groups is 1. The third-order valence-corrected chi connectivity index (χ3v) is 3.71. The lowest BCUT2D eigenvalue weighted by Gasteiger charge is -2.12. The fourth-order valence-electron chi connectivity index (χ4n) is 1.75. The second-order valence-corrected chi connectivity index (χ2v) is 5.38. The van der Waals surface area contributed by atoms with E-state index in [-0.39, 0.29) is 0 Å². The molecule has 2 N–H and O–H groups in total. The number of rotatable bonds is 8. The Bertz CT molecular complexity index is 382. The molecule has 0 radical (unpaired) electrons. The summed E-state index contributed by atoms with van der Waals surface area (Å²) in [6, 6.07) is 8.01. The van der Waals surface area contributed by atoms with E-state index in [1.807, 2.05) is 6.92 Å². The highest BCUT2D eigenvalue weighted by molar-refractivity contribution is 7.98. The first-order valence-electron chi connectivity index (χ1n) is 6.23. The molecule has 100 valence electrons. The minimum atomic E-state index is -0.756. The molecule has 0 aliphatic carbocycles. The number of aliphatic carboxylic acids is 1. The van der Waals surface area contributed by atoms with Crippen molar-refractivity contribution >= 4 is 17.7 Å². The maximum Gasteiger partial charge on any atom is 0.320 e. The Morgan fingerprint density at radius 3 is 2.89 bits per heavy atom. The molecule has 1 unspecified atom stereocenters. The first-order valence-corrected chi connectivity index (χ1v) is 7.38. The van der Waals surface area contributed by atoms with E-state index >= 15 is 0 Å². The molecular formula is C14H21NO2S. The SMILES string of the molecule is CCNC(CCSCc1cccc(C)c1)C(=O)O. The summed E-state index contributed by atoms with van der Waals surface area (Å²) in [6.45, 7) is 4.70. The third kappa shape index (κ3) is 5.56. The standard InChI is InChI=1S/C14H21NO2S/c1-3-15-13(14(16)17)7-8-18-10-12-6-4-5-11(2)9-12/h4-6,9,13,15H,3,7-8,10H2,1-2H3,(H,16,17). The van der Waals surface area contributed by atoms with E-state index in [0.29, 0.717) is 13.0 Å². The number of aryl methyl sites for hydroxylation is 1. The van der Waals surface area contributed by atoms with Crippen molar-refractivity contribution in [1.82, 2.24) is 5.32 Å². The zero-order valence-electron chi connectivity index (χ0n) is 11.0. The molecule has 0 aromatic heterocycles. The Hall–Kier alpha value is -1.00. The topological polar surface area (TPSA) is 49.3 Å². The van der Waals surface area contributed by atoms with Gasteiger partial charge in [-0.1, -0.05) is 36.8 Å². The number of nitrogens with one attached hydrogen (secondary N) is 1. The number of benzene rings is 1. The second kappa shape index (κ2) is 8.16. The highest BCUT2D eigenvalue weighted by Crippen LogP contribution is 2.15. The summed E-state index contributed by atoms with van der Waals surface area (Å²) in [4.78, 5) is 10.9. The van der Waals surface area contributed by atoms with Gasteiger partial charge in [0.05, 0.1) is 0 Å². The van der Waals surface area contributed by atoms with Crippen molar-refractivity contribution in [1.29, 1.82) is 0 Å². The Morgan fingerprint density at radius 1 is 1.50 bits per heavy atom. The molecule has 1 rings (SSSR count). The van der Waals surface area contributed by atoms with Crippen LogP contribution in [-0.2, 0) is 10.5 Å². The fourth-order valence-corrected chi connectivity index (χ4v) is 2.71. The van der Waals surface area contributed by atoms with E-state index in [2.05, 4.69) is 36.5 Å². The van der Waals surface area contributed by atoms with Crippen molar-refractivity contribution in [3.8, 4) is 0 Å². The zero-order chi connectivity index (χ0) is 13.4. The maximum atomic E-state index is 10.9. The summed E-state index contributed by atoms with van der Waals surface area (Å²) in [5.74, 6) is 1.05. The summed E-state index contributed by atoms with van der Waals surface area (Å²) in [7, 11) is 0. The first kappa shape index (κ1) is 15.1. The van der Waals surface area contributed by atoms with Crippen LogP contribution in [0.25, 0.3) is 0 Å². The van der Waals surface area contributed by atoms with Crippen LogP contribution in [0.3, 0.4) is 0 Å². The molecule has 3 nitrogen and oxygen atoms in total. The largest absolute Gasteiger partial charge is 0.480 e. The van der Waals surface area contributed by atoms with Crippen molar-refractivity contribution in [2.75, 3.05) is 12.3 Å².